The molecule has 0 aliphatic carbocycles. The number of rotatable bonds is 6. The van der Waals surface area contributed by atoms with Crippen molar-refractivity contribution >= 4 is 11.7 Å². The summed E-state index contributed by atoms with van der Waals surface area (Å²) in [5, 5.41) is 3.25. The molecule has 114 valence electrons. The first-order valence-corrected chi connectivity index (χ1v) is 7.57. The minimum atomic E-state index is -0.474. The number of hydrogen-bond acceptors (Lipinski definition) is 4. The molecule has 21 heavy (non-hydrogen) atoms. The van der Waals surface area contributed by atoms with Crippen LogP contribution in [0.25, 0.3) is 0 Å². The molecule has 0 aromatic heterocycles. The van der Waals surface area contributed by atoms with E-state index in [1.54, 1.807) is 4.90 Å². The smallest absolute Gasteiger partial charge is 0.239 e. The Morgan fingerprint density at radius 2 is 2.00 bits per heavy atom. The lowest BCUT2D eigenvalue weighted by molar-refractivity contribution is -0.132. The van der Waals surface area contributed by atoms with Gasteiger partial charge in [0.2, 0.25) is 5.91 Å². The number of benzene rings is 1. The Labute approximate surface area is 126 Å². The summed E-state index contributed by atoms with van der Waals surface area (Å²) in [6.45, 7) is 7.08. The third-order valence-electron chi connectivity index (χ3n) is 3.75. The number of aliphatic imine (C=N–C) groups is 1. The van der Waals surface area contributed by atoms with Crippen LogP contribution in [0.15, 0.2) is 29.3 Å². The molecule has 0 saturated heterocycles. The fourth-order valence-corrected chi connectivity index (χ4v) is 2.50. The predicted molar refractivity (Wildman–Crippen MR) is 85.5 cm³/mol. The normalized spacial score (nSPS) is 15.3. The molecule has 0 bridgehead atoms. The zero-order valence-corrected chi connectivity index (χ0v) is 12.8. The Kier molecular flexibility index (Phi) is 5.33. The standard InChI is InChI=1S/C16H24N4O/c1-3-20(4-2)16(21)14(17)11-12-5-7-13(8-6-12)15-18-9-10-19-15/h5-8,14H,3-4,9-11,17H2,1-2H3,(H,18,19). The molecular weight excluding hydrogens is 264 g/mol. The number of hydrogen-bond donors (Lipinski definition) is 2. The van der Waals surface area contributed by atoms with Gasteiger partial charge < -0.3 is 16.0 Å². The van der Waals surface area contributed by atoms with Gasteiger partial charge in [0, 0.05) is 25.2 Å². The van der Waals surface area contributed by atoms with Crippen LogP contribution >= 0.6 is 0 Å². The number of carbonyl (C=O) groups excluding carboxylic acids is 1. The molecule has 1 heterocycles. The molecule has 0 radical (unpaired) electrons. The van der Waals surface area contributed by atoms with Crippen molar-refractivity contribution in [1.82, 2.24) is 10.2 Å². The van der Waals surface area contributed by atoms with E-state index >= 15 is 0 Å². The summed E-state index contributed by atoms with van der Waals surface area (Å²) in [6, 6.07) is 7.63. The molecule has 1 atom stereocenters. The van der Waals surface area contributed by atoms with Crippen LogP contribution in [-0.2, 0) is 11.2 Å². The van der Waals surface area contributed by atoms with Crippen LogP contribution in [0.5, 0.6) is 0 Å². The van der Waals surface area contributed by atoms with E-state index in [-0.39, 0.29) is 5.91 Å². The number of amidine groups is 1. The average molecular weight is 288 g/mol. The highest BCUT2D eigenvalue weighted by Crippen LogP contribution is 2.09. The maximum atomic E-state index is 12.2. The maximum Gasteiger partial charge on any atom is 0.239 e. The van der Waals surface area contributed by atoms with Gasteiger partial charge in [-0.15, -0.1) is 0 Å². The van der Waals surface area contributed by atoms with Crippen molar-refractivity contribution in [3.05, 3.63) is 35.4 Å². The van der Waals surface area contributed by atoms with Crippen molar-refractivity contribution in [2.75, 3.05) is 26.2 Å². The van der Waals surface area contributed by atoms with Crippen LogP contribution in [0.3, 0.4) is 0 Å². The molecule has 1 aromatic carbocycles. The predicted octanol–water partition coefficient (Wildman–Crippen LogP) is 0.775. The lowest BCUT2D eigenvalue weighted by Gasteiger charge is -2.22. The topological polar surface area (TPSA) is 70.7 Å². The van der Waals surface area contributed by atoms with Gasteiger partial charge in [-0.05, 0) is 25.8 Å². The van der Waals surface area contributed by atoms with Gasteiger partial charge in [0.15, 0.2) is 0 Å². The Morgan fingerprint density at radius 3 is 2.52 bits per heavy atom. The molecule has 2 rings (SSSR count). The largest absolute Gasteiger partial charge is 0.368 e. The number of nitrogens with two attached hydrogens (primary N) is 1. The molecule has 5 nitrogen and oxygen atoms in total. The SMILES string of the molecule is CCN(CC)C(=O)C(N)Cc1ccc(C2=NCCN2)cc1. The zero-order valence-electron chi connectivity index (χ0n) is 12.8. The summed E-state index contributed by atoms with van der Waals surface area (Å²) >= 11 is 0. The van der Waals surface area contributed by atoms with Crippen molar-refractivity contribution in [2.24, 2.45) is 10.7 Å². The molecule has 1 unspecified atom stereocenters. The van der Waals surface area contributed by atoms with Gasteiger partial charge in [0.05, 0.1) is 12.6 Å². The molecule has 1 amide bonds. The van der Waals surface area contributed by atoms with Gasteiger partial charge >= 0.3 is 0 Å². The summed E-state index contributed by atoms with van der Waals surface area (Å²) in [4.78, 5) is 18.3. The second kappa shape index (κ2) is 7.22. The minimum absolute atomic E-state index is 0.0194. The van der Waals surface area contributed by atoms with Gasteiger partial charge in [-0.2, -0.15) is 0 Å². The van der Waals surface area contributed by atoms with Crippen molar-refractivity contribution in [1.29, 1.82) is 0 Å². The highest BCUT2D eigenvalue weighted by Gasteiger charge is 2.19. The Balaban J connectivity index is 1.98. The Hall–Kier alpha value is -1.88. The van der Waals surface area contributed by atoms with Crippen LogP contribution in [0.1, 0.15) is 25.0 Å². The van der Waals surface area contributed by atoms with Crippen molar-refractivity contribution < 1.29 is 4.79 Å². The number of carbonyl (C=O) groups is 1. The molecular formula is C16H24N4O. The first-order chi connectivity index (χ1) is 10.2. The molecule has 5 heteroatoms. The van der Waals surface area contributed by atoms with E-state index in [0.717, 1.165) is 30.1 Å². The molecule has 1 aliphatic heterocycles. The molecule has 0 fully saturated rings. The Bertz CT molecular complexity index is 506. The van der Waals surface area contributed by atoms with Gasteiger partial charge in [-0.1, -0.05) is 24.3 Å². The van der Waals surface area contributed by atoms with Crippen LogP contribution < -0.4 is 11.1 Å². The van der Waals surface area contributed by atoms with Gasteiger partial charge in [0.1, 0.15) is 5.84 Å². The first-order valence-electron chi connectivity index (χ1n) is 7.57. The quantitative estimate of drug-likeness (QED) is 0.812. The van der Waals surface area contributed by atoms with E-state index < -0.39 is 6.04 Å². The summed E-state index contributed by atoms with van der Waals surface area (Å²) in [7, 11) is 0. The summed E-state index contributed by atoms with van der Waals surface area (Å²) in [5.74, 6) is 0.968. The van der Waals surface area contributed by atoms with Gasteiger partial charge in [-0.3, -0.25) is 9.79 Å². The number of nitrogens with zero attached hydrogens (tertiary/aromatic N) is 2. The monoisotopic (exact) mass is 288 g/mol. The van der Waals surface area contributed by atoms with Crippen LogP contribution in [0.2, 0.25) is 0 Å². The fraction of sp³-hybridized carbons (Fsp3) is 0.500. The first kappa shape index (κ1) is 15.5. The van der Waals surface area contributed by atoms with Crippen molar-refractivity contribution in [2.45, 2.75) is 26.3 Å². The van der Waals surface area contributed by atoms with E-state index in [0.29, 0.717) is 19.5 Å². The number of likely N-dealkylation sites (N-methyl/N-ethyl adjacent to an activating group) is 1. The average Bonchev–Trinajstić information content (AvgIpc) is 3.03. The van der Waals surface area contributed by atoms with E-state index in [9.17, 15) is 4.79 Å². The third-order valence-corrected chi connectivity index (χ3v) is 3.75. The van der Waals surface area contributed by atoms with Crippen LogP contribution in [-0.4, -0.2) is 48.9 Å². The third kappa shape index (κ3) is 3.82. The van der Waals surface area contributed by atoms with Crippen molar-refractivity contribution in [3.8, 4) is 0 Å². The van der Waals surface area contributed by atoms with Crippen molar-refractivity contribution in [3.63, 3.8) is 0 Å². The fourth-order valence-electron chi connectivity index (χ4n) is 2.50. The van der Waals surface area contributed by atoms with Crippen LogP contribution in [0.4, 0.5) is 0 Å². The maximum absolute atomic E-state index is 12.2. The molecule has 1 aliphatic rings. The van der Waals surface area contributed by atoms with E-state index in [1.165, 1.54) is 0 Å². The highest BCUT2D eigenvalue weighted by molar-refractivity contribution is 5.99. The van der Waals surface area contributed by atoms with Gasteiger partial charge in [0.25, 0.3) is 0 Å². The lowest BCUT2D eigenvalue weighted by atomic mass is 10.0. The highest BCUT2D eigenvalue weighted by atomic mass is 16.2. The van der Waals surface area contributed by atoms with E-state index in [4.69, 9.17) is 5.73 Å². The second-order valence-corrected chi connectivity index (χ2v) is 5.18. The molecule has 3 N–H and O–H groups in total. The molecule has 1 aromatic rings. The second-order valence-electron chi connectivity index (χ2n) is 5.18. The number of nitrogens with one attached hydrogen (secondary N) is 1. The van der Waals surface area contributed by atoms with E-state index in [1.807, 2.05) is 38.1 Å². The summed E-state index contributed by atoms with van der Waals surface area (Å²) in [6.07, 6.45) is 0.565. The van der Waals surface area contributed by atoms with Crippen LogP contribution in [0, 0.1) is 0 Å². The molecule has 0 saturated carbocycles. The number of amides is 1. The van der Waals surface area contributed by atoms with E-state index in [2.05, 4.69) is 10.3 Å². The zero-order chi connectivity index (χ0) is 15.2. The minimum Gasteiger partial charge on any atom is -0.368 e. The molecule has 0 spiro atoms. The Morgan fingerprint density at radius 1 is 1.33 bits per heavy atom. The summed E-state index contributed by atoms with van der Waals surface area (Å²) < 4.78 is 0. The van der Waals surface area contributed by atoms with Gasteiger partial charge in [-0.25, -0.2) is 0 Å². The summed E-state index contributed by atoms with van der Waals surface area (Å²) in [5.41, 5.74) is 8.19. The lowest BCUT2D eigenvalue weighted by Crippen LogP contribution is -2.44.